The molecule has 3 saturated heterocycles. The van der Waals surface area contributed by atoms with Crippen molar-refractivity contribution in [2.45, 2.75) is 89.6 Å². The van der Waals surface area contributed by atoms with Gasteiger partial charge in [0.05, 0.1) is 36.7 Å². The maximum atomic E-state index is 15.1. The van der Waals surface area contributed by atoms with Crippen LogP contribution in [0.5, 0.6) is 5.75 Å². The number of nitrogens with zero attached hydrogens (tertiary/aromatic N) is 3. The van der Waals surface area contributed by atoms with Crippen molar-refractivity contribution in [2.75, 3.05) is 31.2 Å². The zero-order chi connectivity index (χ0) is 35.5. The van der Waals surface area contributed by atoms with Crippen molar-refractivity contribution in [3.05, 3.63) is 85.5 Å². The number of aliphatic hydroxyl groups is 1. The highest BCUT2D eigenvalue weighted by molar-refractivity contribution is 6.03. The van der Waals surface area contributed by atoms with Crippen LogP contribution in [0.2, 0.25) is 0 Å². The second-order valence-corrected chi connectivity index (χ2v) is 14.1. The monoisotopic (exact) mass is 671 g/mol. The van der Waals surface area contributed by atoms with Gasteiger partial charge in [0, 0.05) is 24.8 Å². The maximum absolute atomic E-state index is 15.1. The van der Waals surface area contributed by atoms with Gasteiger partial charge in [0.25, 0.3) is 0 Å². The molecule has 3 aliphatic rings. The van der Waals surface area contributed by atoms with E-state index in [2.05, 4.69) is 20.1 Å². The van der Waals surface area contributed by atoms with Crippen molar-refractivity contribution in [1.82, 2.24) is 9.80 Å². The van der Waals surface area contributed by atoms with Crippen LogP contribution in [0.25, 0.3) is 0 Å². The van der Waals surface area contributed by atoms with Crippen LogP contribution in [0.4, 0.5) is 5.69 Å². The third-order valence-electron chi connectivity index (χ3n) is 11.1. The predicted molar refractivity (Wildman–Crippen MR) is 191 cm³/mol. The summed E-state index contributed by atoms with van der Waals surface area (Å²) in [6, 6.07) is 15.1. The van der Waals surface area contributed by atoms with E-state index in [4.69, 9.17) is 9.47 Å². The van der Waals surface area contributed by atoms with Gasteiger partial charge in [-0.2, -0.15) is 0 Å². The summed E-state index contributed by atoms with van der Waals surface area (Å²) in [4.78, 5) is 50.1. The van der Waals surface area contributed by atoms with Gasteiger partial charge >= 0.3 is 0 Å². The molecule has 2 aromatic rings. The lowest BCUT2D eigenvalue weighted by Crippen LogP contribution is -2.60. The minimum absolute atomic E-state index is 0.114. The summed E-state index contributed by atoms with van der Waals surface area (Å²) in [7, 11) is 0. The number of likely N-dealkylation sites (tertiary alicyclic amines) is 1. The van der Waals surface area contributed by atoms with Gasteiger partial charge < -0.3 is 29.3 Å². The Morgan fingerprint density at radius 1 is 1.08 bits per heavy atom. The third kappa shape index (κ3) is 6.32. The Morgan fingerprint density at radius 3 is 2.35 bits per heavy atom. The Balaban J connectivity index is 1.63. The number of rotatable bonds is 16. The molecular weight excluding hydrogens is 618 g/mol. The lowest BCUT2D eigenvalue weighted by Gasteiger charge is -2.41. The molecule has 3 aliphatic heterocycles. The fraction of sp³-hybridized carbons (Fsp3) is 0.525. The first-order valence-electron chi connectivity index (χ1n) is 17.8. The van der Waals surface area contributed by atoms with E-state index in [0.29, 0.717) is 37.4 Å². The number of carbonyl (C=O) groups is 3. The first kappa shape index (κ1) is 36.3. The molecule has 2 bridgehead atoms. The fourth-order valence-corrected chi connectivity index (χ4v) is 8.73. The Hall–Kier alpha value is -3.95. The minimum atomic E-state index is -1.25. The van der Waals surface area contributed by atoms with Gasteiger partial charge in [0.1, 0.15) is 17.4 Å². The van der Waals surface area contributed by atoms with Crippen LogP contribution in [0.15, 0.2) is 79.9 Å². The molecule has 3 heterocycles. The summed E-state index contributed by atoms with van der Waals surface area (Å²) in [5.41, 5.74) is -0.668. The summed E-state index contributed by atoms with van der Waals surface area (Å²) in [5.74, 6) is -2.03. The second-order valence-electron chi connectivity index (χ2n) is 14.1. The van der Waals surface area contributed by atoms with Crippen molar-refractivity contribution in [2.24, 2.45) is 17.8 Å². The van der Waals surface area contributed by atoms with E-state index in [9.17, 15) is 9.90 Å². The van der Waals surface area contributed by atoms with E-state index in [-0.39, 0.29) is 42.8 Å². The van der Waals surface area contributed by atoms with Gasteiger partial charge in [-0.1, -0.05) is 62.8 Å². The summed E-state index contributed by atoms with van der Waals surface area (Å²) < 4.78 is 12.7. The molecular formula is C40H53N3O6. The summed E-state index contributed by atoms with van der Waals surface area (Å²) in [6.45, 7) is 18.5. The number of aliphatic hydroxyl groups excluding tert-OH is 1. The van der Waals surface area contributed by atoms with Gasteiger partial charge in [-0.05, 0) is 75.8 Å². The Morgan fingerprint density at radius 2 is 1.76 bits per heavy atom. The topological polar surface area (TPSA) is 99.6 Å². The first-order valence-corrected chi connectivity index (χ1v) is 17.8. The average Bonchev–Trinajstić information content (AvgIpc) is 3.61. The lowest BCUT2D eigenvalue weighted by atomic mass is 9.62. The highest BCUT2D eigenvalue weighted by Crippen LogP contribution is 2.66. The maximum Gasteiger partial charge on any atom is 0.248 e. The van der Waals surface area contributed by atoms with Crippen molar-refractivity contribution >= 4 is 23.4 Å². The Bertz CT molecular complexity index is 1510. The van der Waals surface area contributed by atoms with E-state index < -0.39 is 35.1 Å². The molecule has 9 heteroatoms. The number of benzene rings is 2. The second kappa shape index (κ2) is 14.9. The van der Waals surface area contributed by atoms with Crippen LogP contribution in [-0.4, -0.2) is 88.3 Å². The van der Waals surface area contributed by atoms with Crippen molar-refractivity contribution < 1.29 is 29.0 Å². The molecule has 4 unspecified atom stereocenters. The van der Waals surface area contributed by atoms with Crippen molar-refractivity contribution in [3.63, 3.8) is 0 Å². The number of anilines is 1. The molecule has 9 nitrogen and oxygen atoms in total. The summed E-state index contributed by atoms with van der Waals surface area (Å²) in [5, 5.41) is 10.9. The van der Waals surface area contributed by atoms with Gasteiger partial charge in [-0.15, -0.1) is 13.2 Å². The minimum Gasteiger partial charge on any atom is -0.494 e. The fourth-order valence-electron chi connectivity index (χ4n) is 8.73. The van der Waals surface area contributed by atoms with Crippen LogP contribution >= 0.6 is 0 Å². The van der Waals surface area contributed by atoms with Gasteiger partial charge in [0.2, 0.25) is 17.7 Å². The quantitative estimate of drug-likeness (QED) is 0.239. The zero-order valence-corrected chi connectivity index (χ0v) is 29.7. The molecule has 1 N–H and O–H groups in total. The molecule has 0 saturated carbocycles. The highest BCUT2D eigenvalue weighted by atomic mass is 16.5. The molecule has 0 radical (unpaired) electrons. The first-order chi connectivity index (χ1) is 23.5. The largest absolute Gasteiger partial charge is 0.494 e. The van der Waals surface area contributed by atoms with E-state index in [1.54, 1.807) is 26.9 Å². The molecule has 1 spiro atoms. The Labute approximate surface area is 291 Å². The molecule has 0 aromatic heterocycles. The van der Waals surface area contributed by atoms with E-state index in [0.717, 1.165) is 18.4 Å². The van der Waals surface area contributed by atoms with Crippen molar-refractivity contribution in [1.29, 1.82) is 0 Å². The molecule has 264 valence electrons. The molecule has 5 rings (SSSR count). The predicted octanol–water partition coefficient (Wildman–Crippen LogP) is 5.42. The number of hydrogen-bond acceptors (Lipinski definition) is 6. The molecule has 3 fully saturated rings. The molecule has 3 amide bonds. The van der Waals surface area contributed by atoms with Gasteiger partial charge in [0.15, 0.2) is 0 Å². The lowest BCUT2D eigenvalue weighted by molar-refractivity contribution is -0.156. The number of amides is 3. The standard InChI is InChI=1S/C40H53N3O6/c1-8-15-28(6)41(22-9-2)38(47)35-40-25-27(5)39(7,49-40)33(36(45)42(23-10-3)30-18-20-32(21-19-30)48-11-4)34(40)37(46)43(35)31(26-44)24-29-16-13-12-14-17-29/h9-10,12-14,16-21,27-28,31,33-35,44H,2-3,8,11,15,22-26H2,1,4-7H3/t27?,28?,31-,33+,34+,35?,39-,40?/m1/s1. The molecule has 2 aromatic carbocycles. The summed E-state index contributed by atoms with van der Waals surface area (Å²) >= 11 is 0. The van der Waals surface area contributed by atoms with Crippen molar-refractivity contribution in [3.8, 4) is 5.75 Å². The van der Waals surface area contributed by atoms with Crippen LogP contribution in [0.1, 0.15) is 59.4 Å². The van der Waals surface area contributed by atoms with Gasteiger partial charge in [-0.25, -0.2) is 0 Å². The summed E-state index contributed by atoms with van der Waals surface area (Å²) in [6.07, 6.45) is 5.82. The van der Waals surface area contributed by atoms with E-state index >= 15 is 9.59 Å². The van der Waals surface area contributed by atoms with E-state index in [1.165, 1.54) is 0 Å². The van der Waals surface area contributed by atoms with E-state index in [1.807, 2.05) is 82.3 Å². The number of fused-ring (bicyclic) bond motifs is 1. The highest BCUT2D eigenvalue weighted by Gasteiger charge is 2.80. The smallest absolute Gasteiger partial charge is 0.248 e. The number of carbonyl (C=O) groups excluding carboxylic acids is 3. The molecule has 0 aliphatic carbocycles. The number of ether oxygens (including phenoxy) is 2. The van der Waals surface area contributed by atoms with Crippen LogP contribution in [-0.2, 0) is 25.5 Å². The van der Waals surface area contributed by atoms with Crippen LogP contribution < -0.4 is 9.64 Å². The normalized spacial score (nSPS) is 28.1. The third-order valence-corrected chi connectivity index (χ3v) is 11.1. The Kier molecular flexibility index (Phi) is 11.0. The van der Waals surface area contributed by atoms with Crippen LogP contribution in [0, 0.1) is 17.8 Å². The number of hydrogen-bond donors (Lipinski definition) is 1. The van der Waals surface area contributed by atoms with Gasteiger partial charge in [-0.3, -0.25) is 14.4 Å². The molecule has 49 heavy (non-hydrogen) atoms. The average molecular weight is 672 g/mol. The molecule has 8 atom stereocenters. The zero-order valence-electron chi connectivity index (χ0n) is 29.7. The van der Waals surface area contributed by atoms with Crippen LogP contribution in [0.3, 0.4) is 0 Å². The SMILES string of the molecule is C=CCN(C(=O)[C@@H]1[C@H]2C(=O)N([C@@H](CO)Cc3ccccc3)C(C(=O)N(CC=C)C(C)CCC)C23CC(C)[C@@]1(C)O3)c1ccc(OCC)cc1.